The van der Waals surface area contributed by atoms with Crippen molar-refractivity contribution in [1.29, 1.82) is 0 Å². The zero-order chi connectivity index (χ0) is 10.7. The number of carbonyl (C=O) groups excluding carboxylic acids is 1. The first-order valence-corrected chi connectivity index (χ1v) is 5.98. The van der Waals surface area contributed by atoms with Gasteiger partial charge in [-0.1, -0.05) is 29.8 Å². The van der Waals surface area contributed by atoms with E-state index in [1.165, 1.54) is 0 Å². The van der Waals surface area contributed by atoms with Crippen molar-refractivity contribution in [2.45, 2.75) is 31.6 Å². The topological polar surface area (TPSA) is 29.5 Å². The minimum atomic E-state index is -0.0666. The monoisotopic (exact) mass is 263 g/mol. The molecule has 1 aliphatic rings. The molecular formula is C10H18BrNO2. The summed E-state index contributed by atoms with van der Waals surface area (Å²) in [6.07, 6.45) is 0. The van der Waals surface area contributed by atoms with Gasteiger partial charge in [0.1, 0.15) is 0 Å². The van der Waals surface area contributed by atoms with E-state index < -0.39 is 0 Å². The first-order chi connectivity index (χ1) is 6.54. The molecule has 3 nitrogen and oxygen atoms in total. The summed E-state index contributed by atoms with van der Waals surface area (Å²) in [5.74, 6) is 0.522. The van der Waals surface area contributed by atoms with Crippen LogP contribution >= 0.6 is 15.9 Å². The van der Waals surface area contributed by atoms with Crippen molar-refractivity contribution in [1.82, 2.24) is 4.90 Å². The molecule has 0 spiro atoms. The van der Waals surface area contributed by atoms with E-state index in [1.54, 1.807) is 0 Å². The van der Waals surface area contributed by atoms with Crippen LogP contribution in [0.2, 0.25) is 0 Å². The van der Waals surface area contributed by atoms with Gasteiger partial charge in [-0.2, -0.15) is 0 Å². The lowest BCUT2D eigenvalue weighted by molar-refractivity contribution is -0.139. The van der Waals surface area contributed by atoms with Crippen molar-refractivity contribution in [3.05, 3.63) is 0 Å². The molecule has 1 amide bonds. The Morgan fingerprint density at radius 3 is 2.71 bits per heavy atom. The van der Waals surface area contributed by atoms with Gasteiger partial charge in [0.2, 0.25) is 5.91 Å². The normalized spacial score (nSPS) is 25.2. The summed E-state index contributed by atoms with van der Waals surface area (Å²) in [5.41, 5.74) is 0. The van der Waals surface area contributed by atoms with E-state index >= 15 is 0 Å². The predicted octanol–water partition coefficient (Wildman–Crippen LogP) is 1.65. The molecular weight excluding hydrogens is 246 g/mol. The Balaban J connectivity index is 2.58. The number of morpholine rings is 1. The first-order valence-electron chi connectivity index (χ1n) is 5.06. The van der Waals surface area contributed by atoms with E-state index in [-0.39, 0.29) is 16.8 Å². The van der Waals surface area contributed by atoms with Crippen LogP contribution in [-0.4, -0.2) is 41.4 Å². The molecule has 0 saturated carbocycles. The van der Waals surface area contributed by atoms with Crippen molar-refractivity contribution in [2.24, 2.45) is 5.92 Å². The third-order valence-electron chi connectivity index (χ3n) is 2.47. The van der Waals surface area contributed by atoms with Gasteiger partial charge in [0.15, 0.2) is 0 Å². The molecule has 1 aliphatic heterocycles. The number of amides is 1. The van der Waals surface area contributed by atoms with Gasteiger partial charge in [-0.25, -0.2) is 0 Å². The van der Waals surface area contributed by atoms with Crippen LogP contribution in [0.4, 0.5) is 0 Å². The van der Waals surface area contributed by atoms with Gasteiger partial charge in [0.05, 0.1) is 24.1 Å². The summed E-state index contributed by atoms with van der Waals surface area (Å²) in [6.45, 7) is 8.15. The maximum atomic E-state index is 12.0. The van der Waals surface area contributed by atoms with Gasteiger partial charge in [0, 0.05) is 6.54 Å². The SMILES string of the molecule is CC(C)C(Br)C(=O)N1CCOCC1C. The van der Waals surface area contributed by atoms with Crippen LogP contribution < -0.4 is 0 Å². The fourth-order valence-corrected chi connectivity index (χ4v) is 1.76. The Morgan fingerprint density at radius 2 is 2.21 bits per heavy atom. The lowest BCUT2D eigenvalue weighted by atomic mass is 10.1. The number of ether oxygens (including phenoxy) is 1. The maximum Gasteiger partial charge on any atom is 0.237 e. The number of nitrogens with zero attached hydrogens (tertiary/aromatic N) is 1. The highest BCUT2D eigenvalue weighted by molar-refractivity contribution is 9.10. The van der Waals surface area contributed by atoms with E-state index in [0.29, 0.717) is 19.1 Å². The molecule has 0 aromatic heterocycles. The minimum absolute atomic E-state index is 0.0666. The molecule has 0 bridgehead atoms. The minimum Gasteiger partial charge on any atom is -0.377 e. The van der Waals surface area contributed by atoms with Gasteiger partial charge in [-0.05, 0) is 12.8 Å². The summed E-state index contributed by atoms with van der Waals surface area (Å²) in [5, 5.41) is 0. The zero-order valence-corrected chi connectivity index (χ0v) is 10.6. The molecule has 1 heterocycles. The molecule has 4 heteroatoms. The highest BCUT2D eigenvalue weighted by Crippen LogP contribution is 2.18. The Kier molecular flexibility index (Phi) is 4.38. The van der Waals surface area contributed by atoms with Crippen LogP contribution in [0.5, 0.6) is 0 Å². The van der Waals surface area contributed by atoms with Gasteiger partial charge in [-0.3, -0.25) is 4.79 Å². The second-order valence-electron chi connectivity index (χ2n) is 4.10. The molecule has 0 radical (unpaired) electrons. The average molecular weight is 264 g/mol. The van der Waals surface area contributed by atoms with Crippen molar-refractivity contribution >= 4 is 21.8 Å². The number of carbonyl (C=O) groups is 1. The summed E-state index contributed by atoms with van der Waals surface area (Å²) < 4.78 is 5.29. The Hall–Kier alpha value is -0.0900. The van der Waals surface area contributed by atoms with Gasteiger partial charge in [-0.15, -0.1) is 0 Å². The Bertz CT molecular complexity index is 208. The molecule has 1 fully saturated rings. The van der Waals surface area contributed by atoms with Crippen molar-refractivity contribution < 1.29 is 9.53 Å². The predicted molar refractivity (Wildman–Crippen MR) is 59.5 cm³/mol. The van der Waals surface area contributed by atoms with Crippen molar-refractivity contribution in [3.8, 4) is 0 Å². The molecule has 82 valence electrons. The lowest BCUT2D eigenvalue weighted by Crippen LogP contribution is -2.50. The third kappa shape index (κ3) is 2.70. The summed E-state index contributed by atoms with van der Waals surface area (Å²) in [6, 6.07) is 0.204. The number of hydrogen-bond donors (Lipinski definition) is 0. The first kappa shape index (κ1) is 12.0. The highest BCUT2D eigenvalue weighted by Gasteiger charge is 2.29. The molecule has 1 rings (SSSR count). The number of halogens is 1. The van der Waals surface area contributed by atoms with E-state index in [0.717, 1.165) is 6.54 Å². The van der Waals surface area contributed by atoms with E-state index in [9.17, 15) is 4.79 Å². The molecule has 0 aromatic carbocycles. The fraction of sp³-hybridized carbons (Fsp3) is 0.900. The largest absolute Gasteiger partial charge is 0.377 e. The van der Waals surface area contributed by atoms with E-state index in [4.69, 9.17) is 4.74 Å². The summed E-state index contributed by atoms with van der Waals surface area (Å²) in [7, 11) is 0. The molecule has 2 unspecified atom stereocenters. The van der Waals surface area contributed by atoms with Crippen LogP contribution in [0.25, 0.3) is 0 Å². The van der Waals surface area contributed by atoms with Crippen molar-refractivity contribution in [2.75, 3.05) is 19.8 Å². The van der Waals surface area contributed by atoms with Gasteiger partial charge >= 0.3 is 0 Å². The van der Waals surface area contributed by atoms with E-state index in [2.05, 4.69) is 15.9 Å². The van der Waals surface area contributed by atoms with Crippen LogP contribution in [0.3, 0.4) is 0 Å². The standard InChI is InChI=1S/C10H18BrNO2/c1-7(2)9(11)10(13)12-4-5-14-6-8(12)3/h7-9H,4-6H2,1-3H3. The lowest BCUT2D eigenvalue weighted by Gasteiger charge is -2.35. The molecule has 14 heavy (non-hydrogen) atoms. The summed E-state index contributed by atoms with van der Waals surface area (Å²) in [4.78, 5) is 13.8. The summed E-state index contributed by atoms with van der Waals surface area (Å²) >= 11 is 3.44. The molecule has 0 N–H and O–H groups in total. The van der Waals surface area contributed by atoms with Gasteiger partial charge < -0.3 is 9.64 Å². The quantitative estimate of drug-likeness (QED) is 0.710. The van der Waals surface area contributed by atoms with Crippen LogP contribution in [-0.2, 0) is 9.53 Å². The van der Waals surface area contributed by atoms with Gasteiger partial charge in [0.25, 0.3) is 0 Å². The third-order valence-corrected chi connectivity index (χ3v) is 3.92. The fourth-order valence-electron chi connectivity index (χ4n) is 1.50. The Labute approximate surface area is 93.9 Å². The van der Waals surface area contributed by atoms with Crippen molar-refractivity contribution in [3.63, 3.8) is 0 Å². The highest BCUT2D eigenvalue weighted by atomic mass is 79.9. The molecule has 0 aliphatic carbocycles. The molecule has 0 aromatic rings. The van der Waals surface area contributed by atoms with Crippen LogP contribution in [0.1, 0.15) is 20.8 Å². The molecule has 2 atom stereocenters. The zero-order valence-electron chi connectivity index (χ0n) is 9.00. The van der Waals surface area contributed by atoms with E-state index in [1.807, 2.05) is 25.7 Å². The second kappa shape index (κ2) is 5.12. The number of hydrogen-bond acceptors (Lipinski definition) is 2. The number of rotatable bonds is 2. The smallest absolute Gasteiger partial charge is 0.237 e. The number of alkyl halides is 1. The maximum absolute atomic E-state index is 12.0. The molecule has 1 saturated heterocycles. The Morgan fingerprint density at radius 1 is 1.57 bits per heavy atom. The average Bonchev–Trinajstić information content (AvgIpc) is 2.16. The second-order valence-corrected chi connectivity index (χ2v) is 5.09. The van der Waals surface area contributed by atoms with Crippen LogP contribution in [0.15, 0.2) is 0 Å². The van der Waals surface area contributed by atoms with Crippen LogP contribution in [0, 0.1) is 5.92 Å².